The van der Waals surface area contributed by atoms with Gasteiger partial charge in [0.15, 0.2) is 11.5 Å². The van der Waals surface area contributed by atoms with Gasteiger partial charge in [0.25, 0.3) is 0 Å². The van der Waals surface area contributed by atoms with Crippen molar-refractivity contribution >= 4 is 6.29 Å². The molecule has 10 nitrogen and oxygen atoms in total. The maximum Gasteiger partial charge on any atom is 0.411 e. The molecule has 0 fully saturated rings. The molecule has 13 heteroatoms. The molecule has 36 heavy (non-hydrogen) atoms. The highest BCUT2D eigenvalue weighted by Gasteiger charge is 2.27. The number of halogens is 3. The minimum absolute atomic E-state index is 0.0411. The molecule has 0 bridgehead atoms. The van der Waals surface area contributed by atoms with Crippen LogP contribution in [0.15, 0.2) is 18.2 Å². The van der Waals surface area contributed by atoms with Gasteiger partial charge in [0.05, 0.1) is 85.9 Å². The van der Waals surface area contributed by atoms with Crippen molar-refractivity contribution in [2.24, 2.45) is 0 Å². The first kappa shape index (κ1) is 32.0. The topological polar surface area (TPSA) is 111 Å². The summed E-state index contributed by atoms with van der Waals surface area (Å²) in [4.78, 5) is 10.7. The van der Waals surface area contributed by atoms with Gasteiger partial charge in [-0.25, -0.2) is 0 Å². The number of rotatable bonds is 24. The van der Waals surface area contributed by atoms with Crippen LogP contribution >= 0.6 is 0 Å². The van der Waals surface area contributed by atoms with Crippen molar-refractivity contribution in [3.8, 4) is 11.5 Å². The molecule has 0 radical (unpaired) electrons. The summed E-state index contributed by atoms with van der Waals surface area (Å²) in [5.41, 5.74) is 0.413. The van der Waals surface area contributed by atoms with Crippen molar-refractivity contribution in [3.63, 3.8) is 0 Å². The van der Waals surface area contributed by atoms with Gasteiger partial charge in [0.2, 0.25) is 0 Å². The molecule has 208 valence electrons. The first-order chi connectivity index (χ1) is 17.4. The fraction of sp³-hybridized carbons (Fsp3) is 0.696. The number of hydrogen-bond acceptors (Lipinski definition) is 10. The number of aldehydes is 1. The lowest BCUT2D eigenvalue weighted by Gasteiger charge is -2.10. The van der Waals surface area contributed by atoms with E-state index in [0.29, 0.717) is 77.9 Å². The van der Waals surface area contributed by atoms with Crippen molar-refractivity contribution in [2.75, 3.05) is 99.1 Å². The molecular formula is C23H35F3O10. The molecule has 0 aliphatic carbocycles. The van der Waals surface area contributed by atoms with Gasteiger partial charge in [-0.15, -0.1) is 0 Å². The van der Waals surface area contributed by atoms with E-state index in [1.807, 2.05) is 0 Å². The van der Waals surface area contributed by atoms with Crippen molar-refractivity contribution in [1.29, 1.82) is 0 Å². The highest BCUT2D eigenvalue weighted by Crippen LogP contribution is 2.26. The Balaban J connectivity index is 1.74. The summed E-state index contributed by atoms with van der Waals surface area (Å²) < 4.78 is 77.1. The average Bonchev–Trinajstić information content (AvgIpc) is 2.84. The summed E-state index contributed by atoms with van der Waals surface area (Å²) in [6, 6.07) is 4.35. The molecule has 0 saturated heterocycles. The summed E-state index contributed by atoms with van der Waals surface area (Å²) in [5.74, 6) is 0.188. The average molecular weight is 529 g/mol. The van der Waals surface area contributed by atoms with E-state index in [9.17, 15) is 23.1 Å². The summed E-state index contributed by atoms with van der Waals surface area (Å²) >= 11 is 0. The Morgan fingerprint density at radius 2 is 1.03 bits per heavy atom. The van der Waals surface area contributed by atoms with Crippen LogP contribution in [0.2, 0.25) is 0 Å². The quantitative estimate of drug-likeness (QED) is 0.158. The Labute approximate surface area is 208 Å². The minimum atomic E-state index is -4.32. The zero-order valence-corrected chi connectivity index (χ0v) is 20.2. The Kier molecular flexibility index (Phi) is 18.8. The van der Waals surface area contributed by atoms with Gasteiger partial charge in [-0.1, -0.05) is 0 Å². The number of benzene rings is 1. The molecule has 0 unspecified atom stereocenters. The Morgan fingerprint density at radius 1 is 0.639 bits per heavy atom. The van der Waals surface area contributed by atoms with Crippen molar-refractivity contribution in [3.05, 3.63) is 23.8 Å². The lowest BCUT2D eigenvalue weighted by molar-refractivity contribution is -0.176. The third kappa shape index (κ3) is 19.2. The van der Waals surface area contributed by atoms with Crippen molar-refractivity contribution in [1.82, 2.24) is 0 Å². The van der Waals surface area contributed by atoms with Crippen LogP contribution in [0.5, 0.6) is 11.5 Å². The zero-order chi connectivity index (χ0) is 26.3. The molecular weight excluding hydrogens is 493 g/mol. The summed E-state index contributed by atoms with van der Waals surface area (Å²) in [5, 5.41) is 9.66. The normalized spacial score (nSPS) is 11.6. The number of ether oxygens (including phenoxy) is 8. The van der Waals surface area contributed by atoms with E-state index in [0.717, 1.165) is 0 Å². The van der Waals surface area contributed by atoms with Gasteiger partial charge in [-0.3, -0.25) is 4.79 Å². The smallest absolute Gasteiger partial charge is 0.411 e. The Hall–Kier alpha value is -2.00. The number of alkyl halides is 3. The third-order valence-corrected chi connectivity index (χ3v) is 4.10. The van der Waals surface area contributed by atoms with Crippen LogP contribution in [0.25, 0.3) is 0 Å². The number of phenols is 1. The summed E-state index contributed by atoms with van der Waals surface area (Å²) in [7, 11) is 0. The fourth-order valence-electron chi connectivity index (χ4n) is 2.44. The molecule has 0 spiro atoms. The van der Waals surface area contributed by atoms with E-state index < -0.39 is 12.8 Å². The van der Waals surface area contributed by atoms with Gasteiger partial charge in [0, 0.05) is 5.56 Å². The number of hydrogen-bond donors (Lipinski definition) is 1. The molecule has 1 N–H and O–H groups in total. The number of aromatic hydroxyl groups is 1. The molecule has 0 aliphatic heterocycles. The van der Waals surface area contributed by atoms with E-state index in [1.54, 1.807) is 0 Å². The van der Waals surface area contributed by atoms with Crippen LogP contribution in [0.3, 0.4) is 0 Å². The minimum Gasteiger partial charge on any atom is -0.504 e. The van der Waals surface area contributed by atoms with Crippen molar-refractivity contribution < 1.29 is 61.0 Å². The Bertz CT molecular complexity index is 676. The summed E-state index contributed by atoms with van der Waals surface area (Å²) in [6.07, 6.45) is -3.65. The maximum absolute atomic E-state index is 11.8. The van der Waals surface area contributed by atoms with Crippen molar-refractivity contribution in [2.45, 2.75) is 6.18 Å². The third-order valence-electron chi connectivity index (χ3n) is 4.10. The second-order valence-corrected chi connectivity index (χ2v) is 7.04. The second-order valence-electron chi connectivity index (χ2n) is 7.04. The van der Waals surface area contributed by atoms with Gasteiger partial charge < -0.3 is 43.0 Å². The van der Waals surface area contributed by atoms with Crippen LogP contribution in [-0.4, -0.2) is 117 Å². The van der Waals surface area contributed by atoms with Crippen LogP contribution in [0, 0.1) is 0 Å². The van der Waals surface area contributed by atoms with E-state index in [-0.39, 0.29) is 37.9 Å². The maximum atomic E-state index is 11.8. The first-order valence-electron chi connectivity index (χ1n) is 11.4. The molecule has 0 saturated carbocycles. The molecule has 0 atom stereocenters. The first-order valence-corrected chi connectivity index (χ1v) is 11.4. The predicted octanol–water partition coefficient (Wildman–Crippen LogP) is 2.26. The summed E-state index contributed by atoms with van der Waals surface area (Å²) in [6.45, 7) is 2.96. The highest BCUT2D eigenvalue weighted by molar-refractivity contribution is 5.76. The SMILES string of the molecule is O=Cc1ccc(O)c(OCCOCCOCCOCCOCCOCCOCCOCC(F)(F)F)c1. The van der Waals surface area contributed by atoms with E-state index in [2.05, 4.69) is 4.74 Å². The molecule has 0 heterocycles. The van der Waals surface area contributed by atoms with Crippen LogP contribution in [0.1, 0.15) is 10.4 Å². The standard InChI is InChI=1S/C23H35F3O10/c24-23(25,26)19-35-14-13-33-10-9-31-6-5-29-3-4-30-7-8-32-11-12-34-15-16-36-22-17-20(18-27)1-2-21(22)28/h1-2,17-18,28H,3-16,19H2. The Morgan fingerprint density at radius 3 is 1.42 bits per heavy atom. The lowest BCUT2D eigenvalue weighted by Crippen LogP contribution is -2.19. The van der Waals surface area contributed by atoms with E-state index in [4.69, 9.17) is 33.2 Å². The highest BCUT2D eigenvalue weighted by atomic mass is 19.4. The second kappa shape index (κ2) is 21.1. The largest absolute Gasteiger partial charge is 0.504 e. The molecule has 0 aliphatic rings. The van der Waals surface area contributed by atoms with Gasteiger partial charge >= 0.3 is 6.18 Å². The van der Waals surface area contributed by atoms with Gasteiger partial charge in [0.1, 0.15) is 19.5 Å². The predicted molar refractivity (Wildman–Crippen MR) is 121 cm³/mol. The van der Waals surface area contributed by atoms with E-state index >= 15 is 0 Å². The zero-order valence-electron chi connectivity index (χ0n) is 20.2. The fourth-order valence-corrected chi connectivity index (χ4v) is 2.44. The number of carbonyl (C=O) groups is 1. The lowest BCUT2D eigenvalue weighted by atomic mass is 10.2. The van der Waals surface area contributed by atoms with Gasteiger partial charge in [-0.2, -0.15) is 13.2 Å². The molecule has 1 aromatic carbocycles. The van der Waals surface area contributed by atoms with Gasteiger partial charge in [-0.05, 0) is 18.2 Å². The van der Waals surface area contributed by atoms with Crippen LogP contribution in [-0.2, 0) is 33.2 Å². The molecule has 1 rings (SSSR count). The van der Waals surface area contributed by atoms with E-state index in [1.165, 1.54) is 18.2 Å². The number of carbonyl (C=O) groups excluding carboxylic acids is 1. The van der Waals surface area contributed by atoms with Crippen LogP contribution < -0.4 is 4.74 Å². The monoisotopic (exact) mass is 528 g/mol. The molecule has 0 aromatic heterocycles. The van der Waals surface area contributed by atoms with Crippen LogP contribution in [0.4, 0.5) is 13.2 Å². The molecule has 1 aromatic rings. The molecule has 0 amide bonds. The number of phenolic OH excluding ortho intramolecular Hbond substituents is 1.